The lowest BCUT2D eigenvalue weighted by atomic mass is 9.98. The van der Waals surface area contributed by atoms with Crippen molar-refractivity contribution in [2.24, 2.45) is 5.92 Å². The van der Waals surface area contributed by atoms with Gasteiger partial charge in [-0.1, -0.05) is 6.07 Å². The third-order valence-electron chi connectivity index (χ3n) is 5.08. The van der Waals surface area contributed by atoms with E-state index in [-0.39, 0.29) is 21.6 Å². The summed E-state index contributed by atoms with van der Waals surface area (Å²) in [6, 6.07) is 8.02. The Morgan fingerprint density at radius 1 is 1.13 bits per heavy atom. The molecule has 0 saturated carbocycles. The number of thiophene rings is 1. The molecule has 1 aromatic carbocycles. The fourth-order valence-electron chi connectivity index (χ4n) is 3.37. The maximum absolute atomic E-state index is 12.9. The molecular weight excluding hydrogens is 446 g/mol. The maximum atomic E-state index is 12.9. The van der Waals surface area contributed by atoms with Crippen molar-refractivity contribution in [2.75, 3.05) is 25.5 Å². The Morgan fingerprint density at radius 2 is 1.87 bits per heavy atom. The first-order valence-corrected chi connectivity index (χ1v) is 13.2. The highest BCUT2D eigenvalue weighted by atomic mass is 32.2. The van der Waals surface area contributed by atoms with Gasteiger partial charge in [0.05, 0.1) is 10.8 Å². The number of rotatable bonds is 6. The Kier molecular flexibility index (Phi) is 6.68. The molecule has 1 saturated heterocycles. The van der Waals surface area contributed by atoms with Gasteiger partial charge in [-0.3, -0.25) is 4.79 Å². The number of aryl methyl sites for hydroxylation is 2. The molecule has 0 radical (unpaired) electrons. The zero-order valence-electron chi connectivity index (χ0n) is 17.0. The Bertz CT molecular complexity index is 1160. The molecule has 8 nitrogen and oxygen atoms in total. The van der Waals surface area contributed by atoms with Crippen LogP contribution in [0.3, 0.4) is 0 Å². The van der Waals surface area contributed by atoms with Crippen LogP contribution in [0.25, 0.3) is 0 Å². The summed E-state index contributed by atoms with van der Waals surface area (Å²) in [5.74, 6) is -0.839. The average Bonchev–Trinajstić information content (AvgIpc) is 3.16. The van der Waals surface area contributed by atoms with Crippen LogP contribution < -0.4 is 10.0 Å². The number of sulfonamides is 2. The van der Waals surface area contributed by atoms with E-state index in [1.807, 2.05) is 6.92 Å². The van der Waals surface area contributed by atoms with E-state index in [9.17, 15) is 21.6 Å². The third kappa shape index (κ3) is 4.75. The minimum atomic E-state index is -3.66. The van der Waals surface area contributed by atoms with Gasteiger partial charge in [-0.15, -0.1) is 11.3 Å². The first-order valence-electron chi connectivity index (χ1n) is 9.46. The van der Waals surface area contributed by atoms with E-state index in [2.05, 4.69) is 10.0 Å². The van der Waals surface area contributed by atoms with Crippen molar-refractivity contribution in [3.8, 4) is 0 Å². The topological polar surface area (TPSA) is 113 Å². The van der Waals surface area contributed by atoms with Crippen LogP contribution >= 0.6 is 11.3 Å². The van der Waals surface area contributed by atoms with Crippen LogP contribution in [-0.2, 0) is 24.8 Å². The van der Waals surface area contributed by atoms with E-state index >= 15 is 0 Å². The minimum absolute atomic E-state index is 0.0868. The first-order chi connectivity index (χ1) is 14.0. The second-order valence-corrected chi connectivity index (χ2v) is 12.6. The summed E-state index contributed by atoms with van der Waals surface area (Å²) >= 11 is 1.21. The third-order valence-corrected chi connectivity index (χ3v) is 9.97. The Hall–Kier alpha value is -1.79. The molecule has 0 aliphatic carbocycles. The SMILES string of the molecule is CNS(=O)(=O)c1cc(NC(=O)[C@H]2CCCN(S(=O)(=O)c3ccc(C)s3)C2)ccc1C. The number of nitrogens with one attached hydrogen (secondary N) is 2. The second kappa shape index (κ2) is 8.75. The van der Waals surface area contributed by atoms with Gasteiger partial charge in [-0.05, 0) is 63.6 Å². The molecule has 2 heterocycles. The largest absolute Gasteiger partial charge is 0.326 e. The molecule has 3 rings (SSSR count). The molecule has 164 valence electrons. The van der Waals surface area contributed by atoms with Gasteiger partial charge in [0.25, 0.3) is 10.0 Å². The lowest BCUT2D eigenvalue weighted by Crippen LogP contribution is -2.43. The number of carbonyl (C=O) groups excluding carboxylic acids is 1. The van der Waals surface area contributed by atoms with Crippen LogP contribution in [0.15, 0.2) is 39.4 Å². The Morgan fingerprint density at radius 3 is 2.50 bits per heavy atom. The number of benzene rings is 1. The molecular formula is C19H25N3O5S3. The number of piperidine rings is 1. The standard InChI is InChI=1S/C19H25N3O5S3/c1-13-6-8-16(11-17(13)29(24,25)20-3)21-19(23)15-5-4-10-22(12-15)30(26,27)18-9-7-14(2)28-18/h6-9,11,15,20H,4-5,10,12H2,1-3H3,(H,21,23)/t15-/m0/s1. The molecule has 0 bridgehead atoms. The molecule has 1 aliphatic rings. The molecule has 1 amide bonds. The summed E-state index contributed by atoms with van der Waals surface area (Å²) in [5, 5.41) is 2.74. The maximum Gasteiger partial charge on any atom is 0.252 e. The summed E-state index contributed by atoms with van der Waals surface area (Å²) in [4.78, 5) is 13.8. The van der Waals surface area contributed by atoms with Crippen LogP contribution in [0.4, 0.5) is 5.69 Å². The van der Waals surface area contributed by atoms with Gasteiger partial charge in [0.2, 0.25) is 15.9 Å². The summed E-state index contributed by atoms with van der Waals surface area (Å²) in [6.45, 7) is 3.99. The molecule has 1 atom stereocenters. The minimum Gasteiger partial charge on any atom is -0.326 e. The van der Waals surface area contributed by atoms with Gasteiger partial charge < -0.3 is 5.32 Å². The first kappa shape index (κ1) is 22.9. The highest BCUT2D eigenvalue weighted by Gasteiger charge is 2.34. The van der Waals surface area contributed by atoms with Crippen molar-refractivity contribution in [3.63, 3.8) is 0 Å². The monoisotopic (exact) mass is 471 g/mol. The summed E-state index contributed by atoms with van der Waals surface area (Å²) in [7, 11) is -5.96. The second-order valence-electron chi connectivity index (χ2n) is 7.24. The Balaban J connectivity index is 1.76. The van der Waals surface area contributed by atoms with E-state index in [0.29, 0.717) is 30.6 Å². The highest BCUT2D eigenvalue weighted by molar-refractivity contribution is 7.91. The number of hydrogen-bond acceptors (Lipinski definition) is 6. The van der Waals surface area contributed by atoms with Crippen molar-refractivity contribution in [3.05, 3.63) is 40.8 Å². The molecule has 1 aliphatic heterocycles. The zero-order chi connectivity index (χ0) is 22.1. The summed E-state index contributed by atoms with van der Waals surface area (Å²) in [6.07, 6.45) is 1.14. The molecule has 30 heavy (non-hydrogen) atoms. The molecule has 0 spiro atoms. The molecule has 1 fully saturated rings. The molecule has 2 N–H and O–H groups in total. The van der Waals surface area contributed by atoms with E-state index in [1.54, 1.807) is 31.2 Å². The Labute approximate surface area is 181 Å². The quantitative estimate of drug-likeness (QED) is 0.671. The smallest absolute Gasteiger partial charge is 0.252 e. The average molecular weight is 472 g/mol. The van der Waals surface area contributed by atoms with Crippen LogP contribution in [-0.4, -0.2) is 47.2 Å². The van der Waals surface area contributed by atoms with E-state index in [0.717, 1.165) is 4.88 Å². The number of carbonyl (C=O) groups is 1. The van der Waals surface area contributed by atoms with Crippen LogP contribution in [0.5, 0.6) is 0 Å². The van der Waals surface area contributed by atoms with Crippen molar-refractivity contribution in [1.82, 2.24) is 9.03 Å². The molecule has 0 unspecified atom stereocenters. The van der Waals surface area contributed by atoms with Gasteiger partial charge in [-0.2, -0.15) is 4.31 Å². The van der Waals surface area contributed by atoms with Crippen LogP contribution in [0, 0.1) is 19.8 Å². The highest BCUT2D eigenvalue weighted by Crippen LogP contribution is 2.29. The van der Waals surface area contributed by atoms with Crippen molar-refractivity contribution in [1.29, 1.82) is 0 Å². The normalized spacial score (nSPS) is 18.3. The number of nitrogens with zero attached hydrogens (tertiary/aromatic N) is 1. The van der Waals surface area contributed by atoms with Crippen molar-refractivity contribution < 1.29 is 21.6 Å². The predicted molar refractivity (Wildman–Crippen MR) is 117 cm³/mol. The van der Waals surface area contributed by atoms with Gasteiger partial charge in [0.15, 0.2) is 0 Å². The predicted octanol–water partition coefficient (Wildman–Crippen LogP) is 2.31. The lowest BCUT2D eigenvalue weighted by molar-refractivity contribution is -0.120. The zero-order valence-corrected chi connectivity index (χ0v) is 19.5. The van der Waals surface area contributed by atoms with E-state index < -0.39 is 26.0 Å². The molecule has 2 aromatic rings. The van der Waals surface area contributed by atoms with Crippen LogP contribution in [0.2, 0.25) is 0 Å². The fraction of sp³-hybridized carbons (Fsp3) is 0.421. The lowest BCUT2D eigenvalue weighted by Gasteiger charge is -2.30. The van der Waals surface area contributed by atoms with E-state index in [1.165, 1.54) is 28.8 Å². The van der Waals surface area contributed by atoms with Crippen molar-refractivity contribution >= 4 is 43.0 Å². The van der Waals surface area contributed by atoms with Gasteiger partial charge in [-0.25, -0.2) is 21.6 Å². The number of anilines is 1. The summed E-state index contributed by atoms with van der Waals surface area (Å²) in [5.41, 5.74) is 0.914. The van der Waals surface area contributed by atoms with Gasteiger partial charge in [0.1, 0.15) is 4.21 Å². The van der Waals surface area contributed by atoms with E-state index in [4.69, 9.17) is 0 Å². The van der Waals surface area contributed by atoms with Gasteiger partial charge >= 0.3 is 0 Å². The van der Waals surface area contributed by atoms with Crippen LogP contribution in [0.1, 0.15) is 23.3 Å². The summed E-state index contributed by atoms with van der Waals surface area (Å²) < 4.78 is 54.0. The number of hydrogen-bond donors (Lipinski definition) is 2. The molecule has 11 heteroatoms. The fourth-order valence-corrected chi connectivity index (χ4v) is 7.33. The molecule has 1 aromatic heterocycles. The van der Waals surface area contributed by atoms with Crippen molar-refractivity contribution in [2.45, 2.75) is 35.8 Å². The van der Waals surface area contributed by atoms with Gasteiger partial charge in [0, 0.05) is 23.7 Å². The number of amides is 1.